The maximum absolute atomic E-state index is 11.2. The van der Waals surface area contributed by atoms with Crippen LogP contribution in [0, 0.1) is 0 Å². The van der Waals surface area contributed by atoms with Crippen LogP contribution >= 0.6 is 0 Å². The van der Waals surface area contributed by atoms with Crippen molar-refractivity contribution in [2.45, 2.75) is 46.2 Å². The van der Waals surface area contributed by atoms with Crippen LogP contribution in [-0.4, -0.2) is 37.4 Å². The Labute approximate surface area is 89.7 Å². The van der Waals surface area contributed by atoms with Gasteiger partial charge in [-0.3, -0.25) is 4.79 Å². The average Bonchev–Trinajstić information content (AvgIpc) is 2.11. The van der Waals surface area contributed by atoms with Crippen molar-refractivity contribution >= 4 is 11.8 Å². The molecular weight excluding hydrogens is 200 g/mol. The van der Waals surface area contributed by atoms with E-state index < -0.39 is 24.1 Å². The van der Waals surface area contributed by atoms with Crippen LogP contribution in [0.15, 0.2) is 0 Å². The minimum atomic E-state index is -1.20. The van der Waals surface area contributed by atoms with Crippen LogP contribution in [0.1, 0.15) is 27.7 Å². The lowest BCUT2D eigenvalue weighted by molar-refractivity contribution is -0.196. The molecule has 0 amide bonds. The number of carbonyl (C=O) groups excluding carboxylic acids is 2. The quantitative estimate of drug-likeness (QED) is 0.376. The average molecular weight is 218 g/mol. The molecule has 0 rings (SSSR count). The zero-order chi connectivity index (χ0) is 12.0. The molecule has 0 aromatic carbocycles. The summed E-state index contributed by atoms with van der Waals surface area (Å²) in [6.45, 7) is 6.56. The van der Waals surface area contributed by atoms with E-state index in [9.17, 15) is 9.59 Å². The highest BCUT2D eigenvalue weighted by atomic mass is 16.7. The van der Waals surface area contributed by atoms with Gasteiger partial charge in [-0.05, 0) is 27.7 Å². The van der Waals surface area contributed by atoms with Gasteiger partial charge in [0.05, 0.1) is 13.2 Å². The predicted octanol–water partition coefficient (Wildman–Crippen LogP) is 0.905. The summed E-state index contributed by atoms with van der Waals surface area (Å²) in [7, 11) is 1.20. The summed E-state index contributed by atoms with van der Waals surface area (Å²) in [6.07, 6.45) is -1.87. The van der Waals surface area contributed by atoms with Gasteiger partial charge in [-0.2, -0.15) is 0 Å². The van der Waals surface area contributed by atoms with Gasteiger partial charge < -0.3 is 14.2 Å². The largest absolute Gasteiger partial charge is 0.467 e. The number of ketones is 1. The van der Waals surface area contributed by atoms with E-state index in [0.717, 1.165) is 0 Å². The van der Waals surface area contributed by atoms with Crippen molar-refractivity contribution in [3.8, 4) is 0 Å². The molecule has 0 spiro atoms. The number of esters is 1. The number of carbonyl (C=O) groups is 2. The molecule has 0 bridgehead atoms. The van der Waals surface area contributed by atoms with Crippen molar-refractivity contribution < 1.29 is 23.8 Å². The summed E-state index contributed by atoms with van der Waals surface area (Å²) in [5.41, 5.74) is 0. The second-order valence-electron chi connectivity index (χ2n) is 3.40. The van der Waals surface area contributed by atoms with E-state index in [4.69, 9.17) is 9.47 Å². The minimum Gasteiger partial charge on any atom is -0.467 e. The molecule has 0 aromatic heterocycles. The highest BCUT2D eigenvalue weighted by molar-refractivity contribution is 6.00. The molecule has 2 unspecified atom stereocenters. The van der Waals surface area contributed by atoms with Gasteiger partial charge in [-0.15, -0.1) is 0 Å². The van der Waals surface area contributed by atoms with E-state index in [0.29, 0.717) is 0 Å². The molecule has 0 fully saturated rings. The molecule has 0 saturated carbocycles. The van der Waals surface area contributed by atoms with Gasteiger partial charge in [0.1, 0.15) is 0 Å². The maximum Gasteiger partial charge on any atom is 0.342 e. The van der Waals surface area contributed by atoms with Gasteiger partial charge in [-0.1, -0.05) is 0 Å². The molecule has 0 heterocycles. The summed E-state index contributed by atoms with van der Waals surface area (Å²) < 4.78 is 14.8. The van der Waals surface area contributed by atoms with Gasteiger partial charge in [0.2, 0.25) is 6.10 Å². The van der Waals surface area contributed by atoms with Crippen molar-refractivity contribution in [2.24, 2.45) is 0 Å². The third-order valence-corrected chi connectivity index (χ3v) is 1.58. The van der Waals surface area contributed by atoms with Gasteiger partial charge in [0, 0.05) is 0 Å². The molecule has 5 heteroatoms. The molecule has 15 heavy (non-hydrogen) atoms. The Morgan fingerprint density at radius 2 is 1.60 bits per heavy atom. The Morgan fingerprint density at radius 3 is 1.93 bits per heavy atom. The zero-order valence-electron chi connectivity index (χ0n) is 9.77. The predicted molar refractivity (Wildman–Crippen MR) is 53.3 cm³/mol. The van der Waals surface area contributed by atoms with E-state index in [1.807, 2.05) is 13.8 Å². The summed E-state index contributed by atoms with van der Waals surface area (Å²) in [4.78, 5) is 22.2. The SMILES string of the molecule is COC(=O)C(OC(C)OC(C)C)C(C)=O. The Hall–Kier alpha value is -0.940. The molecule has 0 aliphatic rings. The highest BCUT2D eigenvalue weighted by Crippen LogP contribution is 2.05. The van der Waals surface area contributed by atoms with Crippen LogP contribution in [-0.2, 0) is 23.8 Å². The fourth-order valence-corrected chi connectivity index (χ4v) is 1.03. The normalized spacial score (nSPS) is 14.8. The summed E-state index contributed by atoms with van der Waals surface area (Å²) in [6, 6.07) is 0. The van der Waals surface area contributed by atoms with E-state index in [2.05, 4.69) is 4.74 Å². The molecule has 0 radical (unpaired) electrons. The van der Waals surface area contributed by atoms with Gasteiger partial charge in [0.25, 0.3) is 0 Å². The number of rotatable bonds is 6. The van der Waals surface area contributed by atoms with Crippen LogP contribution in [0.25, 0.3) is 0 Å². The van der Waals surface area contributed by atoms with E-state index in [-0.39, 0.29) is 6.10 Å². The van der Waals surface area contributed by atoms with Crippen LogP contribution in [0.5, 0.6) is 0 Å². The van der Waals surface area contributed by atoms with Crippen LogP contribution in [0.2, 0.25) is 0 Å². The summed E-state index contributed by atoms with van der Waals surface area (Å²) in [5, 5.41) is 0. The van der Waals surface area contributed by atoms with E-state index in [1.54, 1.807) is 6.92 Å². The molecule has 88 valence electrons. The highest BCUT2D eigenvalue weighted by Gasteiger charge is 2.27. The minimum absolute atomic E-state index is 0.0368. The van der Waals surface area contributed by atoms with E-state index in [1.165, 1.54) is 14.0 Å². The first kappa shape index (κ1) is 14.1. The lowest BCUT2D eigenvalue weighted by Crippen LogP contribution is -2.36. The van der Waals surface area contributed by atoms with Crippen molar-refractivity contribution in [3.63, 3.8) is 0 Å². The number of hydrogen-bond acceptors (Lipinski definition) is 5. The van der Waals surface area contributed by atoms with Crippen molar-refractivity contribution in [1.82, 2.24) is 0 Å². The molecular formula is C10H18O5. The Balaban J connectivity index is 4.29. The summed E-state index contributed by atoms with van der Waals surface area (Å²) in [5.74, 6) is -1.11. The molecule has 5 nitrogen and oxygen atoms in total. The third kappa shape index (κ3) is 5.49. The number of methoxy groups -OCH3 is 1. The number of ether oxygens (including phenoxy) is 3. The third-order valence-electron chi connectivity index (χ3n) is 1.58. The fourth-order valence-electron chi connectivity index (χ4n) is 1.03. The van der Waals surface area contributed by atoms with Crippen molar-refractivity contribution in [1.29, 1.82) is 0 Å². The topological polar surface area (TPSA) is 61.8 Å². The van der Waals surface area contributed by atoms with Gasteiger partial charge >= 0.3 is 5.97 Å². The van der Waals surface area contributed by atoms with Crippen LogP contribution in [0.3, 0.4) is 0 Å². The number of Topliss-reactive ketones (excluding diaryl/α,β-unsaturated/α-hetero) is 1. The molecule has 0 N–H and O–H groups in total. The fraction of sp³-hybridized carbons (Fsp3) is 0.800. The lowest BCUT2D eigenvalue weighted by Gasteiger charge is -2.20. The summed E-state index contributed by atoms with van der Waals surface area (Å²) >= 11 is 0. The molecule has 0 aliphatic heterocycles. The van der Waals surface area contributed by atoms with Crippen molar-refractivity contribution in [2.75, 3.05) is 7.11 Å². The Morgan fingerprint density at radius 1 is 1.07 bits per heavy atom. The standard InChI is InChI=1S/C10H18O5/c1-6(2)14-8(4)15-9(7(3)11)10(12)13-5/h6,8-9H,1-5H3. The van der Waals surface area contributed by atoms with Crippen molar-refractivity contribution in [3.05, 3.63) is 0 Å². The van der Waals surface area contributed by atoms with Gasteiger partial charge in [0.15, 0.2) is 12.1 Å². The van der Waals surface area contributed by atoms with E-state index >= 15 is 0 Å². The number of hydrogen-bond donors (Lipinski definition) is 0. The molecule has 2 atom stereocenters. The smallest absolute Gasteiger partial charge is 0.342 e. The monoisotopic (exact) mass is 218 g/mol. The van der Waals surface area contributed by atoms with Crippen LogP contribution < -0.4 is 0 Å². The second-order valence-corrected chi connectivity index (χ2v) is 3.40. The second kappa shape index (κ2) is 6.53. The molecule has 0 saturated heterocycles. The Kier molecular flexibility index (Phi) is 6.12. The zero-order valence-corrected chi connectivity index (χ0v) is 9.77. The molecule has 0 aromatic rings. The Bertz CT molecular complexity index is 224. The van der Waals surface area contributed by atoms with Crippen LogP contribution in [0.4, 0.5) is 0 Å². The first-order valence-electron chi connectivity index (χ1n) is 4.77. The first-order valence-corrected chi connectivity index (χ1v) is 4.77. The maximum atomic E-state index is 11.2. The lowest BCUT2D eigenvalue weighted by atomic mass is 10.2. The molecule has 0 aliphatic carbocycles. The van der Waals surface area contributed by atoms with Gasteiger partial charge in [-0.25, -0.2) is 4.79 Å². The first-order chi connectivity index (χ1) is 6.88.